The first-order valence-electron chi connectivity index (χ1n) is 5.27. The molecule has 0 saturated heterocycles. The first-order valence-corrected chi connectivity index (χ1v) is 6.08. The van der Waals surface area contributed by atoms with Crippen LogP contribution in [0.25, 0.3) is 10.4 Å². The summed E-state index contributed by atoms with van der Waals surface area (Å²) in [6.07, 6.45) is 0. The highest BCUT2D eigenvalue weighted by Gasteiger charge is 2.17. The van der Waals surface area contributed by atoms with Gasteiger partial charge >= 0.3 is 5.97 Å². The Hall–Kier alpha value is -1.68. The van der Waals surface area contributed by atoms with E-state index in [1.54, 1.807) is 0 Å². The third kappa shape index (κ3) is 2.36. The third-order valence-electron chi connectivity index (χ3n) is 2.42. The van der Waals surface area contributed by atoms with Gasteiger partial charge in [0.2, 0.25) is 0 Å². The van der Waals surface area contributed by atoms with Crippen molar-refractivity contribution in [3.8, 4) is 10.4 Å². The Morgan fingerprint density at radius 3 is 2.29 bits per heavy atom. The van der Waals surface area contributed by atoms with E-state index in [0.717, 1.165) is 26.6 Å². The molecule has 1 heterocycles. The number of aryl methyl sites for hydroxylation is 3. The number of rotatable bonds is 2. The van der Waals surface area contributed by atoms with Gasteiger partial charge in [0.1, 0.15) is 0 Å². The molecule has 0 radical (unpaired) electrons. The van der Waals surface area contributed by atoms with Crippen molar-refractivity contribution < 1.29 is 9.90 Å². The van der Waals surface area contributed by atoms with E-state index in [4.69, 9.17) is 5.11 Å². The molecule has 2 aromatic rings. The van der Waals surface area contributed by atoms with Crippen molar-refractivity contribution in [2.24, 2.45) is 0 Å². The van der Waals surface area contributed by atoms with Gasteiger partial charge in [-0.2, -0.15) is 0 Å². The highest BCUT2D eigenvalue weighted by atomic mass is 32.1. The van der Waals surface area contributed by atoms with Crippen LogP contribution in [0.4, 0.5) is 0 Å². The fraction of sp³-hybridized carbons (Fsp3) is 0.231. The van der Waals surface area contributed by atoms with Crippen LogP contribution in [0.5, 0.6) is 0 Å². The Labute approximate surface area is 104 Å². The lowest BCUT2D eigenvalue weighted by atomic mass is 10.1. The van der Waals surface area contributed by atoms with Crippen molar-refractivity contribution in [3.05, 3.63) is 40.0 Å². The number of nitrogens with zero attached hydrogens (tertiary/aromatic N) is 1. The van der Waals surface area contributed by atoms with E-state index < -0.39 is 5.97 Å². The van der Waals surface area contributed by atoms with Crippen molar-refractivity contribution in [3.63, 3.8) is 0 Å². The van der Waals surface area contributed by atoms with Gasteiger partial charge in [-0.25, -0.2) is 9.78 Å². The largest absolute Gasteiger partial charge is 0.476 e. The highest BCUT2D eigenvalue weighted by Crippen LogP contribution is 2.31. The maximum absolute atomic E-state index is 11.1. The lowest BCUT2D eigenvalue weighted by Gasteiger charge is -2.03. The summed E-state index contributed by atoms with van der Waals surface area (Å²) in [6.45, 7) is 5.83. The normalized spacial score (nSPS) is 10.5. The van der Waals surface area contributed by atoms with Crippen LogP contribution in [0.3, 0.4) is 0 Å². The predicted molar refractivity (Wildman–Crippen MR) is 68.7 cm³/mol. The number of thiazole rings is 1. The molecular formula is C13H13NO2S. The molecule has 0 unspecified atom stereocenters. The lowest BCUT2D eigenvalue weighted by molar-refractivity contribution is 0.0692. The smallest absolute Gasteiger partial charge is 0.356 e. The van der Waals surface area contributed by atoms with Gasteiger partial charge in [-0.3, -0.25) is 0 Å². The van der Waals surface area contributed by atoms with Gasteiger partial charge in [0.15, 0.2) is 5.69 Å². The van der Waals surface area contributed by atoms with E-state index in [9.17, 15) is 4.79 Å². The minimum absolute atomic E-state index is 0.150. The van der Waals surface area contributed by atoms with Crippen LogP contribution in [0, 0.1) is 20.8 Å². The molecule has 4 heteroatoms. The van der Waals surface area contributed by atoms with Crippen LogP contribution in [0.15, 0.2) is 18.2 Å². The fourth-order valence-corrected chi connectivity index (χ4v) is 2.77. The molecule has 0 bridgehead atoms. The molecule has 0 saturated carbocycles. The van der Waals surface area contributed by atoms with Gasteiger partial charge in [-0.15, -0.1) is 11.3 Å². The Balaban J connectivity index is 2.63. The zero-order chi connectivity index (χ0) is 12.6. The summed E-state index contributed by atoms with van der Waals surface area (Å²) in [5, 5.41) is 9.90. The third-order valence-corrected chi connectivity index (χ3v) is 3.44. The second-order valence-corrected chi connectivity index (χ2v) is 5.30. The minimum Gasteiger partial charge on any atom is -0.476 e. The van der Waals surface area contributed by atoms with Gasteiger partial charge in [0.25, 0.3) is 0 Å². The molecule has 0 fully saturated rings. The molecule has 0 aliphatic heterocycles. The highest BCUT2D eigenvalue weighted by molar-refractivity contribution is 7.15. The van der Waals surface area contributed by atoms with E-state index in [2.05, 4.69) is 11.1 Å². The van der Waals surface area contributed by atoms with Crippen LogP contribution >= 0.6 is 11.3 Å². The van der Waals surface area contributed by atoms with Crippen LogP contribution in [-0.2, 0) is 0 Å². The predicted octanol–water partition coefficient (Wildman–Crippen LogP) is 3.43. The van der Waals surface area contributed by atoms with Gasteiger partial charge in [-0.05, 0) is 26.3 Å². The van der Waals surface area contributed by atoms with Crippen molar-refractivity contribution in [2.45, 2.75) is 20.8 Å². The standard InChI is InChI=1S/C13H13NO2S/c1-7-4-8(2)6-10(5-7)12-11(13(15)16)14-9(3)17-12/h4-6H,1-3H3,(H,15,16). The minimum atomic E-state index is -0.969. The molecule has 0 aliphatic rings. The maximum Gasteiger partial charge on any atom is 0.356 e. The molecule has 88 valence electrons. The number of aromatic nitrogens is 1. The van der Waals surface area contributed by atoms with E-state index in [1.165, 1.54) is 11.3 Å². The number of carbonyl (C=O) groups is 1. The average Bonchev–Trinajstić information content (AvgIpc) is 2.59. The second kappa shape index (κ2) is 4.30. The molecule has 0 atom stereocenters. The molecule has 0 amide bonds. The molecular weight excluding hydrogens is 234 g/mol. The summed E-state index contributed by atoms with van der Waals surface area (Å²) >= 11 is 1.42. The molecule has 3 nitrogen and oxygen atoms in total. The number of hydrogen-bond donors (Lipinski definition) is 1. The van der Waals surface area contributed by atoms with Crippen molar-refractivity contribution in [1.29, 1.82) is 0 Å². The zero-order valence-electron chi connectivity index (χ0n) is 9.94. The first kappa shape index (κ1) is 11.8. The summed E-state index contributed by atoms with van der Waals surface area (Å²) in [6, 6.07) is 6.05. The molecule has 2 rings (SSSR count). The van der Waals surface area contributed by atoms with Crippen molar-refractivity contribution >= 4 is 17.3 Å². The fourth-order valence-electron chi connectivity index (χ4n) is 1.87. The lowest BCUT2D eigenvalue weighted by Crippen LogP contribution is -1.99. The summed E-state index contributed by atoms with van der Waals surface area (Å²) in [7, 11) is 0. The average molecular weight is 247 g/mol. The van der Waals surface area contributed by atoms with Gasteiger partial charge in [-0.1, -0.05) is 29.3 Å². The van der Waals surface area contributed by atoms with Crippen LogP contribution in [-0.4, -0.2) is 16.1 Å². The van der Waals surface area contributed by atoms with Gasteiger partial charge in [0, 0.05) is 0 Å². The number of benzene rings is 1. The molecule has 1 aromatic carbocycles. The Kier molecular flexibility index (Phi) is 2.98. The van der Waals surface area contributed by atoms with Crippen LogP contribution in [0.2, 0.25) is 0 Å². The first-order chi connectivity index (χ1) is 7.97. The molecule has 17 heavy (non-hydrogen) atoms. The van der Waals surface area contributed by atoms with Gasteiger partial charge < -0.3 is 5.11 Å². The van der Waals surface area contributed by atoms with E-state index in [0.29, 0.717) is 0 Å². The molecule has 0 aliphatic carbocycles. The summed E-state index contributed by atoms with van der Waals surface area (Å²) in [4.78, 5) is 15.9. The SMILES string of the molecule is Cc1cc(C)cc(-c2sc(C)nc2C(=O)O)c1. The zero-order valence-corrected chi connectivity index (χ0v) is 10.8. The van der Waals surface area contributed by atoms with E-state index >= 15 is 0 Å². The Morgan fingerprint density at radius 1 is 1.18 bits per heavy atom. The van der Waals surface area contributed by atoms with E-state index in [-0.39, 0.29) is 5.69 Å². The number of carboxylic acids is 1. The number of aromatic carboxylic acids is 1. The Bertz CT molecular complexity index is 567. The van der Waals surface area contributed by atoms with Crippen LogP contribution in [0.1, 0.15) is 26.6 Å². The maximum atomic E-state index is 11.1. The van der Waals surface area contributed by atoms with Crippen LogP contribution < -0.4 is 0 Å². The summed E-state index contributed by atoms with van der Waals surface area (Å²) in [5.74, 6) is -0.969. The quantitative estimate of drug-likeness (QED) is 0.884. The Morgan fingerprint density at radius 2 is 1.76 bits per heavy atom. The summed E-state index contributed by atoms with van der Waals surface area (Å²) in [5.41, 5.74) is 3.34. The summed E-state index contributed by atoms with van der Waals surface area (Å²) < 4.78 is 0. The second-order valence-electron chi connectivity index (χ2n) is 4.09. The molecule has 0 spiro atoms. The monoisotopic (exact) mass is 247 g/mol. The molecule has 1 N–H and O–H groups in total. The number of carboxylic acid groups (broad SMARTS) is 1. The number of hydrogen-bond acceptors (Lipinski definition) is 3. The van der Waals surface area contributed by atoms with Crippen molar-refractivity contribution in [1.82, 2.24) is 4.98 Å². The topological polar surface area (TPSA) is 50.2 Å². The van der Waals surface area contributed by atoms with E-state index in [1.807, 2.05) is 32.9 Å². The molecule has 1 aromatic heterocycles. The van der Waals surface area contributed by atoms with Crippen molar-refractivity contribution in [2.75, 3.05) is 0 Å². The van der Waals surface area contributed by atoms with Gasteiger partial charge in [0.05, 0.1) is 9.88 Å².